The molecule has 104 valence electrons. The molecule has 2 aliphatic rings. The Morgan fingerprint density at radius 2 is 1.95 bits per heavy atom. The molecule has 1 nitrogen and oxygen atoms in total. The number of hydrogen-bond donors (Lipinski definition) is 0. The maximum Gasteiger partial charge on any atom is 0.146 e. The van der Waals surface area contributed by atoms with Crippen LogP contribution in [0.15, 0.2) is 18.2 Å². The SMILES string of the molecule is CCC(c1cccc(F)c1N1CCCCC1)C1CC1. The van der Waals surface area contributed by atoms with Gasteiger partial charge >= 0.3 is 0 Å². The number of nitrogens with zero attached hydrogens (tertiary/aromatic N) is 1. The molecule has 0 aromatic heterocycles. The molecule has 1 saturated carbocycles. The number of halogens is 1. The fourth-order valence-corrected chi connectivity index (χ4v) is 3.59. The highest BCUT2D eigenvalue weighted by molar-refractivity contribution is 5.57. The molecular formula is C17H24FN. The van der Waals surface area contributed by atoms with Gasteiger partial charge in [-0.25, -0.2) is 4.39 Å². The Balaban J connectivity index is 1.95. The third kappa shape index (κ3) is 2.63. The molecule has 1 aromatic rings. The fourth-order valence-electron chi connectivity index (χ4n) is 3.59. The lowest BCUT2D eigenvalue weighted by molar-refractivity contribution is 0.537. The van der Waals surface area contributed by atoms with E-state index in [1.54, 1.807) is 6.07 Å². The standard InChI is InChI=1S/C17H24FN/c1-2-14(13-9-10-13)15-7-6-8-16(18)17(15)19-11-4-3-5-12-19/h6-8,13-14H,2-5,9-12H2,1H3. The van der Waals surface area contributed by atoms with Gasteiger partial charge in [0.05, 0.1) is 5.69 Å². The van der Waals surface area contributed by atoms with Crippen LogP contribution in [0.25, 0.3) is 0 Å². The van der Waals surface area contributed by atoms with E-state index in [-0.39, 0.29) is 5.82 Å². The van der Waals surface area contributed by atoms with Crippen molar-refractivity contribution in [2.24, 2.45) is 5.92 Å². The lowest BCUT2D eigenvalue weighted by atomic mass is 9.89. The molecule has 0 N–H and O–H groups in total. The van der Waals surface area contributed by atoms with Crippen molar-refractivity contribution in [2.45, 2.75) is 51.4 Å². The van der Waals surface area contributed by atoms with Crippen molar-refractivity contribution in [1.82, 2.24) is 0 Å². The molecule has 2 heteroatoms. The van der Waals surface area contributed by atoms with Gasteiger partial charge in [0.1, 0.15) is 5.82 Å². The lowest BCUT2D eigenvalue weighted by Gasteiger charge is -2.32. The fraction of sp³-hybridized carbons (Fsp3) is 0.647. The Labute approximate surface area is 115 Å². The molecule has 0 spiro atoms. The summed E-state index contributed by atoms with van der Waals surface area (Å²) in [5.41, 5.74) is 2.19. The van der Waals surface area contributed by atoms with Crippen LogP contribution in [0.2, 0.25) is 0 Å². The second kappa shape index (κ2) is 5.52. The molecule has 1 unspecified atom stereocenters. The Hall–Kier alpha value is -1.05. The van der Waals surface area contributed by atoms with E-state index in [1.807, 2.05) is 6.07 Å². The van der Waals surface area contributed by atoms with E-state index in [0.29, 0.717) is 5.92 Å². The minimum atomic E-state index is -0.0153. The number of para-hydroxylation sites is 1. The first-order valence-electron chi connectivity index (χ1n) is 7.84. The van der Waals surface area contributed by atoms with Gasteiger partial charge in [-0.2, -0.15) is 0 Å². The summed E-state index contributed by atoms with van der Waals surface area (Å²) in [5.74, 6) is 1.35. The van der Waals surface area contributed by atoms with Gasteiger partial charge < -0.3 is 4.90 Å². The summed E-state index contributed by atoms with van der Waals surface area (Å²) in [6.45, 7) is 4.29. The van der Waals surface area contributed by atoms with E-state index in [4.69, 9.17) is 0 Å². The van der Waals surface area contributed by atoms with Gasteiger partial charge in [-0.3, -0.25) is 0 Å². The molecule has 1 aromatic carbocycles. The summed E-state index contributed by atoms with van der Waals surface area (Å²) in [5, 5.41) is 0. The minimum absolute atomic E-state index is 0.0153. The van der Waals surface area contributed by atoms with Gasteiger partial charge in [0.25, 0.3) is 0 Å². The van der Waals surface area contributed by atoms with Crippen LogP contribution < -0.4 is 4.90 Å². The van der Waals surface area contributed by atoms with Crippen LogP contribution in [0, 0.1) is 11.7 Å². The molecule has 2 fully saturated rings. The number of anilines is 1. The van der Waals surface area contributed by atoms with Crippen LogP contribution in [0.1, 0.15) is 56.9 Å². The van der Waals surface area contributed by atoms with Crippen molar-refractivity contribution in [3.05, 3.63) is 29.6 Å². The van der Waals surface area contributed by atoms with E-state index >= 15 is 0 Å². The van der Waals surface area contributed by atoms with Gasteiger partial charge in [0, 0.05) is 13.1 Å². The molecular weight excluding hydrogens is 237 g/mol. The van der Waals surface area contributed by atoms with Gasteiger partial charge in [-0.05, 0) is 62.0 Å². The van der Waals surface area contributed by atoms with Gasteiger partial charge in [-0.15, -0.1) is 0 Å². The van der Waals surface area contributed by atoms with Crippen molar-refractivity contribution in [3.63, 3.8) is 0 Å². The number of piperidine rings is 1. The minimum Gasteiger partial charge on any atom is -0.369 e. The Bertz CT molecular complexity index is 433. The topological polar surface area (TPSA) is 3.24 Å². The van der Waals surface area contributed by atoms with E-state index in [1.165, 1.54) is 37.7 Å². The quantitative estimate of drug-likeness (QED) is 0.758. The van der Waals surface area contributed by atoms with Crippen molar-refractivity contribution < 1.29 is 4.39 Å². The summed E-state index contributed by atoms with van der Waals surface area (Å²) in [6, 6.07) is 5.69. The predicted molar refractivity (Wildman–Crippen MR) is 78.2 cm³/mol. The average molecular weight is 261 g/mol. The second-order valence-electron chi connectivity index (χ2n) is 6.08. The van der Waals surface area contributed by atoms with E-state index in [2.05, 4.69) is 17.9 Å². The summed E-state index contributed by atoms with van der Waals surface area (Å²) in [7, 11) is 0. The number of hydrogen-bond acceptors (Lipinski definition) is 1. The molecule has 0 bridgehead atoms. The molecule has 1 heterocycles. The third-order valence-corrected chi connectivity index (χ3v) is 4.72. The maximum atomic E-state index is 14.4. The summed E-state index contributed by atoms with van der Waals surface area (Å²) >= 11 is 0. The van der Waals surface area contributed by atoms with Crippen LogP contribution in [-0.2, 0) is 0 Å². The zero-order valence-corrected chi connectivity index (χ0v) is 11.9. The normalized spacial score (nSPS) is 21.5. The summed E-state index contributed by atoms with van der Waals surface area (Å²) in [6.07, 6.45) is 7.49. The van der Waals surface area contributed by atoms with Gasteiger partial charge in [0.15, 0.2) is 0 Å². The van der Waals surface area contributed by atoms with Crippen LogP contribution in [-0.4, -0.2) is 13.1 Å². The van der Waals surface area contributed by atoms with Crippen molar-refractivity contribution in [2.75, 3.05) is 18.0 Å². The van der Waals surface area contributed by atoms with Crippen LogP contribution in [0.5, 0.6) is 0 Å². The number of rotatable bonds is 4. The first kappa shape index (κ1) is 13.0. The third-order valence-electron chi connectivity index (χ3n) is 4.72. The zero-order chi connectivity index (χ0) is 13.2. The highest BCUT2D eigenvalue weighted by Crippen LogP contribution is 2.47. The molecule has 1 aliphatic carbocycles. The second-order valence-corrected chi connectivity index (χ2v) is 6.08. The first-order chi connectivity index (χ1) is 9.31. The molecule has 0 amide bonds. The predicted octanol–water partition coefficient (Wildman–Crippen LogP) is 4.72. The molecule has 19 heavy (non-hydrogen) atoms. The Morgan fingerprint density at radius 3 is 2.58 bits per heavy atom. The van der Waals surface area contributed by atoms with E-state index < -0.39 is 0 Å². The van der Waals surface area contributed by atoms with Gasteiger partial charge in [0.2, 0.25) is 0 Å². The van der Waals surface area contributed by atoms with Gasteiger partial charge in [-0.1, -0.05) is 19.1 Å². The zero-order valence-electron chi connectivity index (χ0n) is 11.9. The first-order valence-corrected chi connectivity index (χ1v) is 7.84. The summed E-state index contributed by atoms with van der Waals surface area (Å²) in [4.78, 5) is 2.29. The van der Waals surface area contributed by atoms with E-state index in [9.17, 15) is 4.39 Å². The van der Waals surface area contributed by atoms with E-state index in [0.717, 1.165) is 31.1 Å². The average Bonchev–Trinajstić information content (AvgIpc) is 3.25. The molecule has 1 atom stereocenters. The monoisotopic (exact) mass is 261 g/mol. The van der Waals surface area contributed by atoms with Crippen molar-refractivity contribution >= 4 is 5.69 Å². The molecule has 1 saturated heterocycles. The Morgan fingerprint density at radius 1 is 1.21 bits per heavy atom. The smallest absolute Gasteiger partial charge is 0.146 e. The van der Waals surface area contributed by atoms with Crippen LogP contribution in [0.4, 0.5) is 10.1 Å². The maximum absolute atomic E-state index is 14.4. The Kier molecular flexibility index (Phi) is 3.76. The highest BCUT2D eigenvalue weighted by Gasteiger charge is 2.33. The molecule has 3 rings (SSSR count). The highest BCUT2D eigenvalue weighted by atomic mass is 19.1. The molecule has 0 radical (unpaired) electrons. The molecule has 1 aliphatic heterocycles. The van der Waals surface area contributed by atoms with Crippen molar-refractivity contribution in [1.29, 1.82) is 0 Å². The summed E-state index contributed by atoms with van der Waals surface area (Å²) < 4.78 is 14.4. The van der Waals surface area contributed by atoms with Crippen molar-refractivity contribution in [3.8, 4) is 0 Å². The number of benzene rings is 1. The van der Waals surface area contributed by atoms with Crippen LogP contribution in [0.3, 0.4) is 0 Å². The lowest BCUT2D eigenvalue weighted by Crippen LogP contribution is -2.31. The largest absolute Gasteiger partial charge is 0.369 e. The van der Waals surface area contributed by atoms with Crippen LogP contribution >= 0.6 is 0 Å².